The molecule has 0 heterocycles. The zero-order valence-electron chi connectivity index (χ0n) is 8.29. The van der Waals surface area contributed by atoms with Gasteiger partial charge in [0.15, 0.2) is 0 Å². The topological polar surface area (TPSA) is 23.5 Å². The standard InChI is InChI=1S/C10H21NO/c1-3-4-5-9-8-10(9)11(2)6-7-12/h9-10,12H,3-8H2,1-2H3. The second-order valence-electron chi connectivity index (χ2n) is 3.91. The third kappa shape index (κ3) is 2.76. The Morgan fingerprint density at radius 2 is 2.25 bits per heavy atom. The smallest absolute Gasteiger partial charge is 0.0558 e. The number of hydrogen-bond donors (Lipinski definition) is 1. The summed E-state index contributed by atoms with van der Waals surface area (Å²) in [6.07, 6.45) is 5.43. The van der Waals surface area contributed by atoms with Gasteiger partial charge in [0, 0.05) is 12.6 Å². The largest absolute Gasteiger partial charge is 0.395 e. The Kier molecular flexibility index (Phi) is 4.02. The lowest BCUT2D eigenvalue weighted by Crippen LogP contribution is -2.25. The fourth-order valence-corrected chi connectivity index (χ4v) is 1.87. The third-order valence-corrected chi connectivity index (χ3v) is 2.83. The summed E-state index contributed by atoms with van der Waals surface area (Å²) >= 11 is 0. The van der Waals surface area contributed by atoms with E-state index in [0.717, 1.165) is 18.5 Å². The maximum Gasteiger partial charge on any atom is 0.0558 e. The van der Waals surface area contributed by atoms with E-state index < -0.39 is 0 Å². The van der Waals surface area contributed by atoms with Gasteiger partial charge in [-0.1, -0.05) is 19.8 Å². The Hall–Kier alpha value is -0.0800. The van der Waals surface area contributed by atoms with E-state index in [2.05, 4.69) is 18.9 Å². The Morgan fingerprint density at radius 3 is 2.83 bits per heavy atom. The highest BCUT2D eigenvalue weighted by Gasteiger charge is 2.38. The van der Waals surface area contributed by atoms with E-state index in [1.54, 1.807) is 0 Å². The molecule has 1 aliphatic carbocycles. The third-order valence-electron chi connectivity index (χ3n) is 2.83. The van der Waals surface area contributed by atoms with Crippen LogP contribution in [0, 0.1) is 5.92 Å². The van der Waals surface area contributed by atoms with Crippen molar-refractivity contribution in [2.45, 2.75) is 38.6 Å². The molecule has 0 amide bonds. The molecule has 0 saturated heterocycles. The van der Waals surface area contributed by atoms with Gasteiger partial charge in [0.05, 0.1) is 6.61 Å². The number of aliphatic hydroxyl groups is 1. The minimum Gasteiger partial charge on any atom is -0.395 e. The molecule has 0 aromatic heterocycles. The van der Waals surface area contributed by atoms with Crippen LogP contribution in [-0.4, -0.2) is 36.2 Å². The van der Waals surface area contributed by atoms with Gasteiger partial charge >= 0.3 is 0 Å². The molecule has 2 nitrogen and oxygen atoms in total. The Bertz CT molecular complexity index is 127. The van der Waals surface area contributed by atoms with Gasteiger partial charge in [-0.25, -0.2) is 0 Å². The quantitative estimate of drug-likeness (QED) is 0.654. The normalized spacial score (nSPS) is 28.0. The highest BCUT2D eigenvalue weighted by molar-refractivity contribution is 4.93. The molecule has 72 valence electrons. The van der Waals surface area contributed by atoms with Crippen molar-refractivity contribution >= 4 is 0 Å². The molecule has 1 saturated carbocycles. The molecule has 2 unspecified atom stereocenters. The number of unbranched alkanes of at least 4 members (excludes halogenated alkanes) is 1. The molecular formula is C10H21NO. The second-order valence-corrected chi connectivity index (χ2v) is 3.91. The monoisotopic (exact) mass is 171 g/mol. The molecule has 0 aromatic carbocycles. The lowest BCUT2D eigenvalue weighted by molar-refractivity contribution is 0.210. The SMILES string of the molecule is CCCCC1CC1N(C)CCO. The second kappa shape index (κ2) is 4.83. The minimum atomic E-state index is 0.299. The fraction of sp³-hybridized carbons (Fsp3) is 1.00. The Labute approximate surface area is 75.6 Å². The summed E-state index contributed by atoms with van der Waals surface area (Å²) in [5, 5.41) is 8.73. The summed E-state index contributed by atoms with van der Waals surface area (Å²) in [6, 6.07) is 0.781. The molecule has 0 aliphatic heterocycles. The molecule has 2 heteroatoms. The summed E-state index contributed by atoms with van der Waals surface area (Å²) in [4.78, 5) is 2.29. The highest BCUT2D eigenvalue weighted by Crippen LogP contribution is 2.38. The number of rotatable bonds is 6. The number of nitrogens with zero attached hydrogens (tertiary/aromatic N) is 1. The number of hydrogen-bond acceptors (Lipinski definition) is 2. The van der Waals surface area contributed by atoms with Crippen molar-refractivity contribution in [1.82, 2.24) is 4.90 Å². The van der Waals surface area contributed by atoms with Gasteiger partial charge in [-0.15, -0.1) is 0 Å². The fourth-order valence-electron chi connectivity index (χ4n) is 1.87. The zero-order chi connectivity index (χ0) is 8.97. The first-order valence-electron chi connectivity index (χ1n) is 5.10. The van der Waals surface area contributed by atoms with Gasteiger partial charge in [0.25, 0.3) is 0 Å². The summed E-state index contributed by atoms with van der Waals surface area (Å²) in [5.41, 5.74) is 0. The van der Waals surface area contributed by atoms with Crippen LogP contribution < -0.4 is 0 Å². The van der Waals surface area contributed by atoms with E-state index in [9.17, 15) is 0 Å². The van der Waals surface area contributed by atoms with Crippen LogP contribution in [0.1, 0.15) is 32.6 Å². The molecule has 0 spiro atoms. The first-order chi connectivity index (χ1) is 5.79. The molecular weight excluding hydrogens is 150 g/mol. The van der Waals surface area contributed by atoms with Crippen LogP contribution >= 0.6 is 0 Å². The molecule has 1 N–H and O–H groups in total. The minimum absolute atomic E-state index is 0.299. The average molecular weight is 171 g/mol. The van der Waals surface area contributed by atoms with E-state index in [-0.39, 0.29) is 0 Å². The Balaban J connectivity index is 2.06. The molecule has 0 bridgehead atoms. The molecule has 2 atom stereocenters. The Morgan fingerprint density at radius 1 is 1.50 bits per heavy atom. The van der Waals surface area contributed by atoms with Gasteiger partial charge in [-0.3, -0.25) is 0 Å². The van der Waals surface area contributed by atoms with Gasteiger partial charge in [-0.05, 0) is 25.8 Å². The number of likely N-dealkylation sites (N-methyl/N-ethyl adjacent to an activating group) is 1. The summed E-state index contributed by atoms with van der Waals surface area (Å²) in [6.45, 7) is 3.38. The van der Waals surface area contributed by atoms with Gasteiger partial charge in [0.2, 0.25) is 0 Å². The summed E-state index contributed by atoms with van der Waals surface area (Å²) in [7, 11) is 2.12. The van der Waals surface area contributed by atoms with E-state index in [0.29, 0.717) is 6.61 Å². The van der Waals surface area contributed by atoms with Crippen LogP contribution in [0.4, 0.5) is 0 Å². The van der Waals surface area contributed by atoms with Gasteiger partial charge in [-0.2, -0.15) is 0 Å². The molecule has 12 heavy (non-hydrogen) atoms. The van der Waals surface area contributed by atoms with Crippen molar-refractivity contribution in [3.63, 3.8) is 0 Å². The molecule has 1 aliphatic rings. The van der Waals surface area contributed by atoms with Crippen LogP contribution in [0.3, 0.4) is 0 Å². The van der Waals surface area contributed by atoms with E-state index in [1.165, 1.54) is 25.7 Å². The lowest BCUT2D eigenvalue weighted by atomic mass is 10.2. The maximum absolute atomic E-state index is 8.73. The van der Waals surface area contributed by atoms with E-state index in [4.69, 9.17) is 5.11 Å². The molecule has 1 fully saturated rings. The summed E-state index contributed by atoms with van der Waals surface area (Å²) < 4.78 is 0. The lowest BCUT2D eigenvalue weighted by Gasteiger charge is -2.14. The first kappa shape index (κ1) is 10.0. The molecule has 1 rings (SSSR count). The van der Waals surface area contributed by atoms with Crippen molar-refractivity contribution < 1.29 is 5.11 Å². The van der Waals surface area contributed by atoms with Crippen LogP contribution in [-0.2, 0) is 0 Å². The zero-order valence-corrected chi connectivity index (χ0v) is 8.29. The van der Waals surface area contributed by atoms with Crippen molar-refractivity contribution in [2.75, 3.05) is 20.2 Å². The van der Waals surface area contributed by atoms with Crippen molar-refractivity contribution in [3.8, 4) is 0 Å². The van der Waals surface area contributed by atoms with Crippen molar-refractivity contribution in [3.05, 3.63) is 0 Å². The molecule has 0 aromatic rings. The maximum atomic E-state index is 8.73. The van der Waals surface area contributed by atoms with E-state index >= 15 is 0 Å². The van der Waals surface area contributed by atoms with Gasteiger partial charge < -0.3 is 10.0 Å². The first-order valence-corrected chi connectivity index (χ1v) is 5.10. The van der Waals surface area contributed by atoms with Gasteiger partial charge in [0.1, 0.15) is 0 Å². The van der Waals surface area contributed by atoms with E-state index in [1.807, 2.05) is 0 Å². The predicted octanol–water partition coefficient (Wildman–Crippen LogP) is 1.49. The predicted molar refractivity (Wildman–Crippen MR) is 51.1 cm³/mol. The number of aliphatic hydroxyl groups excluding tert-OH is 1. The molecule has 0 radical (unpaired) electrons. The highest BCUT2D eigenvalue weighted by atomic mass is 16.3. The van der Waals surface area contributed by atoms with Crippen LogP contribution in [0.2, 0.25) is 0 Å². The average Bonchev–Trinajstić information content (AvgIpc) is 2.80. The van der Waals surface area contributed by atoms with Crippen molar-refractivity contribution in [2.24, 2.45) is 5.92 Å². The van der Waals surface area contributed by atoms with Crippen molar-refractivity contribution in [1.29, 1.82) is 0 Å². The van der Waals surface area contributed by atoms with Crippen LogP contribution in [0.15, 0.2) is 0 Å². The summed E-state index contributed by atoms with van der Waals surface area (Å²) in [5.74, 6) is 0.932. The van der Waals surface area contributed by atoms with Crippen LogP contribution in [0.5, 0.6) is 0 Å². The van der Waals surface area contributed by atoms with Crippen LogP contribution in [0.25, 0.3) is 0 Å².